The molecule has 0 amide bonds. The highest BCUT2D eigenvalue weighted by atomic mass is 32.2. The molecular formula is C12H15FN2O2S. The molecule has 1 rings (SSSR count). The van der Waals surface area contributed by atoms with Crippen molar-refractivity contribution in [3.63, 3.8) is 0 Å². The quantitative estimate of drug-likeness (QED) is 0.629. The van der Waals surface area contributed by atoms with Gasteiger partial charge in [-0.1, -0.05) is 19.3 Å². The van der Waals surface area contributed by atoms with Crippen molar-refractivity contribution in [1.82, 2.24) is 4.72 Å². The van der Waals surface area contributed by atoms with Crippen molar-refractivity contribution in [2.45, 2.75) is 30.7 Å². The maximum absolute atomic E-state index is 13.0. The minimum absolute atomic E-state index is 0.0993. The Morgan fingerprint density at radius 3 is 2.72 bits per heavy atom. The van der Waals surface area contributed by atoms with Crippen LogP contribution in [0.3, 0.4) is 0 Å². The summed E-state index contributed by atoms with van der Waals surface area (Å²) in [6.07, 6.45) is 6.52. The highest BCUT2D eigenvalue weighted by Crippen LogP contribution is 2.17. The number of sulfonamides is 1. The minimum Gasteiger partial charge on any atom is -0.396 e. The molecule has 0 aliphatic rings. The largest absolute Gasteiger partial charge is 0.396 e. The van der Waals surface area contributed by atoms with E-state index in [2.05, 4.69) is 10.6 Å². The first kappa shape index (κ1) is 14.5. The van der Waals surface area contributed by atoms with E-state index >= 15 is 0 Å². The molecule has 1 unspecified atom stereocenters. The van der Waals surface area contributed by atoms with Crippen LogP contribution < -0.4 is 10.5 Å². The van der Waals surface area contributed by atoms with Gasteiger partial charge in [0.15, 0.2) is 0 Å². The normalized spacial score (nSPS) is 12.9. The second-order valence-corrected chi connectivity index (χ2v) is 5.53. The number of nitrogen functional groups attached to an aromatic ring is 1. The molecule has 0 aliphatic heterocycles. The molecule has 0 heterocycles. The van der Waals surface area contributed by atoms with E-state index in [-0.39, 0.29) is 10.6 Å². The molecule has 0 bridgehead atoms. The third kappa shape index (κ3) is 3.45. The summed E-state index contributed by atoms with van der Waals surface area (Å²) in [5, 5.41) is 0. The van der Waals surface area contributed by atoms with Crippen molar-refractivity contribution < 1.29 is 12.8 Å². The average Bonchev–Trinajstić information content (AvgIpc) is 2.31. The zero-order valence-electron chi connectivity index (χ0n) is 9.98. The van der Waals surface area contributed by atoms with Gasteiger partial charge in [0.05, 0.1) is 16.6 Å². The summed E-state index contributed by atoms with van der Waals surface area (Å²) in [5.41, 5.74) is 5.11. The second kappa shape index (κ2) is 5.85. The summed E-state index contributed by atoms with van der Waals surface area (Å²) >= 11 is 0. The lowest BCUT2D eigenvalue weighted by molar-refractivity contribution is 0.564. The molecule has 0 spiro atoms. The van der Waals surface area contributed by atoms with Crippen molar-refractivity contribution >= 4 is 15.7 Å². The van der Waals surface area contributed by atoms with Gasteiger partial charge in [-0.25, -0.2) is 12.8 Å². The third-order valence-electron chi connectivity index (χ3n) is 2.35. The highest BCUT2D eigenvalue weighted by Gasteiger charge is 2.19. The van der Waals surface area contributed by atoms with Gasteiger partial charge in [-0.3, -0.25) is 0 Å². The van der Waals surface area contributed by atoms with Crippen LogP contribution in [0.4, 0.5) is 10.1 Å². The maximum atomic E-state index is 13.0. The topological polar surface area (TPSA) is 72.2 Å². The Kier molecular flexibility index (Phi) is 4.70. The summed E-state index contributed by atoms with van der Waals surface area (Å²) in [4.78, 5) is -0.0993. The molecule has 98 valence electrons. The molecule has 0 radical (unpaired) electrons. The Labute approximate surface area is 106 Å². The number of hydrogen-bond acceptors (Lipinski definition) is 3. The number of benzene rings is 1. The second-order valence-electron chi connectivity index (χ2n) is 3.81. The van der Waals surface area contributed by atoms with Crippen molar-refractivity contribution in [3.05, 3.63) is 24.0 Å². The SMILES string of the molecule is C#CC(CCC)NS(=O)(=O)c1ccc(F)c(N)c1. The predicted molar refractivity (Wildman–Crippen MR) is 68.7 cm³/mol. The van der Waals surface area contributed by atoms with Gasteiger partial charge in [0, 0.05) is 0 Å². The zero-order valence-corrected chi connectivity index (χ0v) is 10.8. The number of rotatable bonds is 5. The molecule has 0 aliphatic carbocycles. The van der Waals surface area contributed by atoms with E-state index in [4.69, 9.17) is 12.2 Å². The Bertz CT molecular complexity index is 564. The number of nitrogens with two attached hydrogens (primary N) is 1. The Balaban J connectivity index is 2.99. The fourth-order valence-electron chi connectivity index (χ4n) is 1.41. The van der Waals surface area contributed by atoms with E-state index in [1.165, 1.54) is 0 Å². The fourth-order valence-corrected chi connectivity index (χ4v) is 2.64. The van der Waals surface area contributed by atoms with E-state index < -0.39 is 21.9 Å². The number of anilines is 1. The van der Waals surface area contributed by atoms with Gasteiger partial charge in [-0.2, -0.15) is 4.72 Å². The summed E-state index contributed by atoms with van der Waals surface area (Å²) < 4.78 is 39.2. The van der Waals surface area contributed by atoms with Crippen LogP contribution in [0.2, 0.25) is 0 Å². The summed E-state index contributed by atoms with van der Waals surface area (Å²) in [6, 6.07) is 2.64. The molecule has 1 aromatic rings. The smallest absolute Gasteiger partial charge is 0.241 e. The molecule has 18 heavy (non-hydrogen) atoms. The molecule has 1 atom stereocenters. The molecule has 0 saturated carbocycles. The standard InChI is InChI=1S/C12H15FN2O2S/c1-3-5-9(4-2)15-18(16,17)10-6-7-11(13)12(14)8-10/h2,6-9,15H,3,5,14H2,1H3. The van der Waals surface area contributed by atoms with Crippen molar-refractivity contribution in [3.8, 4) is 12.3 Å². The first-order chi connectivity index (χ1) is 8.40. The van der Waals surface area contributed by atoms with Gasteiger partial charge < -0.3 is 5.73 Å². The van der Waals surface area contributed by atoms with Crippen molar-refractivity contribution in [2.75, 3.05) is 5.73 Å². The van der Waals surface area contributed by atoms with Crippen LogP contribution in [-0.4, -0.2) is 14.5 Å². The number of terminal acetylenes is 1. The monoisotopic (exact) mass is 270 g/mol. The maximum Gasteiger partial charge on any atom is 0.241 e. The molecular weight excluding hydrogens is 255 g/mol. The first-order valence-electron chi connectivity index (χ1n) is 5.44. The van der Waals surface area contributed by atoms with Crippen molar-refractivity contribution in [1.29, 1.82) is 0 Å². The van der Waals surface area contributed by atoms with Gasteiger partial charge in [0.2, 0.25) is 10.0 Å². The lowest BCUT2D eigenvalue weighted by atomic mass is 10.2. The zero-order chi connectivity index (χ0) is 13.8. The summed E-state index contributed by atoms with van der Waals surface area (Å²) in [6.45, 7) is 1.90. The first-order valence-corrected chi connectivity index (χ1v) is 6.92. The van der Waals surface area contributed by atoms with Gasteiger partial charge >= 0.3 is 0 Å². The average molecular weight is 270 g/mol. The number of halogens is 1. The van der Waals surface area contributed by atoms with Crippen LogP contribution in [0.25, 0.3) is 0 Å². The Morgan fingerprint density at radius 2 is 2.22 bits per heavy atom. The van der Waals surface area contributed by atoms with Gasteiger partial charge in [0.25, 0.3) is 0 Å². The Hall–Kier alpha value is -1.58. The van der Waals surface area contributed by atoms with Crippen LogP contribution in [0, 0.1) is 18.2 Å². The van der Waals surface area contributed by atoms with Gasteiger partial charge in [-0.05, 0) is 24.6 Å². The highest BCUT2D eigenvalue weighted by molar-refractivity contribution is 7.89. The van der Waals surface area contributed by atoms with E-state index in [1.54, 1.807) is 0 Å². The molecule has 3 N–H and O–H groups in total. The van der Waals surface area contributed by atoms with E-state index in [9.17, 15) is 12.8 Å². The lowest BCUT2D eigenvalue weighted by Crippen LogP contribution is -2.33. The minimum atomic E-state index is -3.77. The molecule has 0 fully saturated rings. The summed E-state index contributed by atoms with van der Waals surface area (Å²) in [7, 11) is -3.77. The van der Waals surface area contributed by atoms with E-state index in [1.807, 2.05) is 6.92 Å². The van der Waals surface area contributed by atoms with Gasteiger partial charge in [0.1, 0.15) is 5.82 Å². The number of nitrogens with one attached hydrogen (secondary N) is 1. The van der Waals surface area contributed by atoms with Crippen LogP contribution in [0.1, 0.15) is 19.8 Å². The number of hydrogen-bond donors (Lipinski definition) is 2. The van der Waals surface area contributed by atoms with E-state index in [0.29, 0.717) is 6.42 Å². The molecule has 0 aromatic heterocycles. The summed E-state index contributed by atoms with van der Waals surface area (Å²) in [5.74, 6) is 1.70. The Morgan fingerprint density at radius 1 is 1.56 bits per heavy atom. The molecule has 1 aromatic carbocycles. The lowest BCUT2D eigenvalue weighted by Gasteiger charge is -2.13. The predicted octanol–water partition coefficient (Wildman–Crippen LogP) is 1.49. The third-order valence-corrected chi connectivity index (χ3v) is 3.82. The van der Waals surface area contributed by atoms with Crippen molar-refractivity contribution in [2.24, 2.45) is 0 Å². The van der Waals surface area contributed by atoms with Crippen LogP contribution >= 0.6 is 0 Å². The van der Waals surface area contributed by atoms with E-state index in [0.717, 1.165) is 24.6 Å². The van der Waals surface area contributed by atoms with Crippen LogP contribution in [0.5, 0.6) is 0 Å². The molecule has 4 nitrogen and oxygen atoms in total. The fraction of sp³-hybridized carbons (Fsp3) is 0.333. The molecule has 0 saturated heterocycles. The molecule has 6 heteroatoms. The van der Waals surface area contributed by atoms with Gasteiger partial charge in [-0.15, -0.1) is 6.42 Å². The van der Waals surface area contributed by atoms with Crippen LogP contribution in [0.15, 0.2) is 23.1 Å². The van der Waals surface area contributed by atoms with Crippen LogP contribution in [-0.2, 0) is 10.0 Å².